The van der Waals surface area contributed by atoms with Crippen molar-refractivity contribution in [3.8, 4) is 5.75 Å². The van der Waals surface area contributed by atoms with Gasteiger partial charge in [-0.1, -0.05) is 51.4 Å². The molecule has 1 unspecified atom stereocenters. The van der Waals surface area contributed by atoms with Crippen molar-refractivity contribution >= 4 is 40.9 Å². The zero-order valence-electron chi connectivity index (χ0n) is 22.4. The number of carbonyl (C=O) groups excluding carboxylic acids is 1. The van der Waals surface area contributed by atoms with Gasteiger partial charge >= 0.3 is 5.97 Å². The lowest BCUT2D eigenvalue weighted by Crippen LogP contribution is -2.41. The maximum atomic E-state index is 12.1. The predicted octanol–water partition coefficient (Wildman–Crippen LogP) is 7.44. The topological polar surface area (TPSA) is 53.9 Å². The van der Waals surface area contributed by atoms with Crippen LogP contribution in [0, 0.1) is 16.7 Å². The number of ether oxygens (including phenoxy) is 1. The fraction of sp³-hybridized carbons (Fsp3) is 0.643. The highest BCUT2D eigenvalue weighted by atomic mass is 79.9. The van der Waals surface area contributed by atoms with Gasteiger partial charge in [0.1, 0.15) is 11.6 Å². The lowest BCUT2D eigenvalue weighted by atomic mass is 9.71. The van der Waals surface area contributed by atoms with Crippen molar-refractivity contribution in [3.63, 3.8) is 0 Å². The molecule has 35 heavy (non-hydrogen) atoms. The van der Waals surface area contributed by atoms with E-state index in [1.54, 1.807) is 0 Å². The Morgan fingerprint density at radius 2 is 1.69 bits per heavy atom. The lowest BCUT2D eigenvalue weighted by Gasteiger charge is -2.38. The summed E-state index contributed by atoms with van der Waals surface area (Å²) in [6.07, 6.45) is 7.64. The number of halogens is 2. The summed E-state index contributed by atoms with van der Waals surface area (Å²) in [7, 11) is 0. The van der Waals surface area contributed by atoms with Gasteiger partial charge in [0.15, 0.2) is 0 Å². The van der Waals surface area contributed by atoms with Gasteiger partial charge in [-0.3, -0.25) is 4.79 Å². The van der Waals surface area contributed by atoms with E-state index in [0.717, 1.165) is 41.6 Å². The predicted molar refractivity (Wildman–Crippen MR) is 151 cm³/mol. The summed E-state index contributed by atoms with van der Waals surface area (Å²) in [5, 5.41) is 4.43. The Morgan fingerprint density at radius 1 is 1.09 bits per heavy atom. The quantitative estimate of drug-likeness (QED) is 0.286. The zero-order chi connectivity index (χ0) is 25.1. The van der Waals surface area contributed by atoms with Crippen LogP contribution in [0.5, 0.6) is 5.75 Å². The van der Waals surface area contributed by atoms with Crippen LogP contribution < -0.4 is 10.1 Å². The third kappa shape index (κ3) is 7.98. The van der Waals surface area contributed by atoms with Gasteiger partial charge in [-0.15, -0.1) is 17.0 Å². The van der Waals surface area contributed by atoms with Crippen LogP contribution in [0.15, 0.2) is 40.1 Å². The molecule has 1 heterocycles. The van der Waals surface area contributed by atoms with Crippen molar-refractivity contribution in [1.82, 2.24) is 10.2 Å². The van der Waals surface area contributed by atoms with Gasteiger partial charge in [0.05, 0.1) is 22.8 Å². The molecule has 2 aliphatic rings. The average molecular weight is 569 g/mol. The number of rotatable bonds is 6. The zero-order valence-corrected chi connectivity index (χ0v) is 24.8. The first-order valence-electron chi connectivity index (χ1n) is 12.7. The fourth-order valence-electron chi connectivity index (χ4n) is 4.68. The van der Waals surface area contributed by atoms with Crippen molar-refractivity contribution in [2.75, 3.05) is 0 Å². The van der Waals surface area contributed by atoms with Gasteiger partial charge in [-0.2, -0.15) is 0 Å². The molecule has 0 radical (unpaired) electrons. The molecule has 1 aromatic carbocycles. The van der Waals surface area contributed by atoms with Crippen LogP contribution in [0.1, 0.15) is 86.1 Å². The molecule has 7 heteroatoms. The Hall–Kier alpha value is -1.53. The van der Waals surface area contributed by atoms with E-state index in [0.29, 0.717) is 23.8 Å². The van der Waals surface area contributed by atoms with Crippen LogP contribution in [-0.2, 0) is 11.3 Å². The van der Waals surface area contributed by atoms with Crippen LogP contribution in [0.4, 0.5) is 0 Å². The molecule has 0 saturated heterocycles. The highest BCUT2D eigenvalue weighted by molar-refractivity contribution is 8.93. The lowest BCUT2D eigenvalue weighted by molar-refractivity contribution is -0.143. The highest BCUT2D eigenvalue weighted by Gasteiger charge is 2.31. The molecule has 1 aliphatic heterocycles. The highest BCUT2D eigenvalue weighted by Crippen LogP contribution is 2.38. The Bertz CT molecular complexity index is 908. The van der Waals surface area contributed by atoms with Crippen LogP contribution in [0.3, 0.4) is 0 Å². The summed E-state index contributed by atoms with van der Waals surface area (Å²) in [6.45, 7) is 15.4. The molecule has 1 fully saturated rings. The molecule has 5 nitrogen and oxygen atoms in total. The minimum absolute atomic E-state index is 0. The van der Waals surface area contributed by atoms with E-state index >= 15 is 0 Å². The smallest absolute Gasteiger partial charge is 0.316 e. The van der Waals surface area contributed by atoms with E-state index in [9.17, 15) is 4.79 Å². The Morgan fingerprint density at radius 3 is 2.20 bits per heavy atom. The molecule has 196 valence electrons. The van der Waals surface area contributed by atoms with Crippen LogP contribution >= 0.6 is 28.6 Å². The van der Waals surface area contributed by atoms with Crippen LogP contribution in [0.2, 0.25) is 0 Å². The van der Waals surface area contributed by atoms with Crippen molar-refractivity contribution in [2.45, 2.75) is 99.2 Å². The molecule has 0 aromatic heterocycles. The summed E-state index contributed by atoms with van der Waals surface area (Å²) in [5.74, 6) is 1.94. The minimum Gasteiger partial charge on any atom is -0.426 e. The number of nitrogens with one attached hydrogen (secondary N) is 1. The van der Waals surface area contributed by atoms with Crippen molar-refractivity contribution in [1.29, 1.82) is 0 Å². The first kappa shape index (κ1) is 29.7. The average Bonchev–Trinajstić information content (AvgIpc) is 2.76. The first-order chi connectivity index (χ1) is 15.9. The van der Waals surface area contributed by atoms with Crippen molar-refractivity contribution < 1.29 is 9.53 Å². The minimum atomic E-state index is -0.530. The number of nitrogens with zero attached hydrogens (tertiary/aromatic N) is 2. The monoisotopic (exact) mass is 567 g/mol. The summed E-state index contributed by atoms with van der Waals surface area (Å²) in [4.78, 5) is 19.0. The van der Waals surface area contributed by atoms with E-state index in [1.807, 2.05) is 51.4 Å². The van der Waals surface area contributed by atoms with Gasteiger partial charge in [0.2, 0.25) is 0 Å². The van der Waals surface area contributed by atoms with E-state index in [2.05, 4.69) is 37.9 Å². The molecule has 1 aromatic rings. The first-order valence-corrected chi connectivity index (χ1v) is 13.0. The number of hydrogen-bond acceptors (Lipinski definition) is 5. The SMILES string of the molecule is Br.CCC1C(Cl)=C(NC2CCC(C(C)(C)C)CC2)N=CN1Cc1ccc(OC(=O)C(C)(C)C)cc1. The van der Waals surface area contributed by atoms with Crippen LogP contribution in [0.25, 0.3) is 0 Å². The molecular formula is C28H43BrClN3O2. The summed E-state index contributed by atoms with van der Waals surface area (Å²) < 4.78 is 5.48. The largest absolute Gasteiger partial charge is 0.426 e. The molecule has 1 aliphatic carbocycles. The Labute approximate surface area is 227 Å². The molecule has 3 rings (SSSR count). The molecule has 1 N–H and O–H groups in total. The third-order valence-electron chi connectivity index (χ3n) is 7.05. The second-order valence-electron chi connectivity index (χ2n) is 11.9. The summed E-state index contributed by atoms with van der Waals surface area (Å²) in [5.41, 5.74) is 0.963. The Balaban J connectivity index is 0.00000432. The molecular weight excluding hydrogens is 526 g/mol. The summed E-state index contributed by atoms with van der Waals surface area (Å²) >= 11 is 6.86. The standard InChI is InChI=1S/C28H42ClN3O2.BrH/c1-8-23-24(29)25(31-21-13-11-20(12-14-21)27(2,3)4)30-18-32(23)17-19-9-15-22(16-10-19)34-26(33)28(5,6)7;/h9-10,15-16,18,20-21,23,31H,8,11-14,17H2,1-7H3;1H. The van der Waals surface area contributed by atoms with Crippen molar-refractivity contribution in [2.24, 2.45) is 21.7 Å². The number of carbonyl (C=O) groups is 1. The van der Waals surface area contributed by atoms with Crippen LogP contribution in [-0.4, -0.2) is 29.3 Å². The van der Waals surface area contributed by atoms with E-state index < -0.39 is 5.41 Å². The Kier molecular flexibility index (Phi) is 10.3. The van der Waals surface area contributed by atoms with E-state index in [1.165, 1.54) is 12.8 Å². The molecule has 0 bridgehead atoms. The molecule has 1 atom stereocenters. The summed E-state index contributed by atoms with van der Waals surface area (Å²) in [6, 6.07) is 8.20. The number of esters is 1. The van der Waals surface area contributed by atoms with Crippen molar-refractivity contribution in [3.05, 3.63) is 40.7 Å². The van der Waals surface area contributed by atoms with Gasteiger partial charge in [0.25, 0.3) is 0 Å². The molecule has 1 saturated carbocycles. The second-order valence-corrected chi connectivity index (χ2v) is 12.3. The fourth-order valence-corrected chi connectivity index (χ4v) is 5.06. The van der Waals surface area contributed by atoms with E-state index in [-0.39, 0.29) is 29.0 Å². The molecule has 0 spiro atoms. The number of hydrogen-bond donors (Lipinski definition) is 1. The number of aliphatic imine (C=N–C) groups is 1. The second kappa shape index (κ2) is 12.1. The van der Waals surface area contributed by atoms with Gasteiger partial charge in [-0.05, 0) is 81.9 Å². The normalized spacial score (nSPS) is 23.1. The maximum absolute atomic E-state index is 12.1. The van der Waals surface area contributed by atoms with E-state index in [4.69, 9.17) is 21.3 Å². The third-order valence-corrected chi connectivity index (χ3v) is 7.48. The van der Waals surface area contributed by atoms with Gasteiger partial charge < -0.3 is 15.0 Å². The van der Waals surface area contributed by atoms with Gasteiger partial charge in [-0.25, -0.2) is 4.99 Å². The number of benzene rings is 1. The maximum Gasteiger partial charge on any atom is 0.316 e. The molecule has 0 amide bonds. The van der Waals surface area contributed by atoms with Gasteiger partial charge in [0, 0.05) is 12.6 Å².